The number of rotatable bonds is 6. The Balaban J connectivity index is 1.45. The maximum atomic E-state index is 13.4. The van der Waals surface area contributed by atoms with Crippen molar-refractivity contribution in [3.63, 3.8) is 0 Å². The standard InChI is InChI=1S/C22H25ClF4N4O2S/c1-31-19(28)17(20(32)29-14-2-3-16(24)15(23)6-14)18(30-31)11-4-12-7-21(33,8-13(12)5-11)9-34-10-22(25,26)27/h2-3,6,11-13,33H,4-5,7-10,28H2,1H3,(H,29,32)/t11?,12-,13?,21?/m0/s1. The first-order valence-corrected chi connectivity index (χ1v) is 12.3. The van der Waals surface area contributed by atoms with Crippen LogP contribution in [0.3, 0.4) is 0 Å². The summed E-state index contributed by atoms with van der Waals surface area (Å²) >= 11 is 6.51. The van der Waals surface area contributed by atoms with Crippen molar-refractivity contribution in [2.24, 2.45) is 18.9 Å². The molecule has 2 aliphatic rings. The zero-order valence-electron chi connectivity index (χ0n) is 18.3. The van der Waals surface area contributed by atoms with E-state index < -0.39 is 29.3 Å². The number of carbonyl (C=O) groups excluding carboxylic acids is 1. The zero-order chi connectivity index (χ0) is 24.8. The molecule has 1 aromatic heterocycles. The first-order valence-electron chi connectivity index (χ1n) is 10.8. The summed E-state index contributed by atoms with van der Waals surface area (Å²) in [5.41, 5.74) is 6.14. The zero-order valence-corrected chi connectivity index (χ0v) is 19.9. The van der Waals surface area contributed by atoms with Gasteiger partial charge in [-0.25, -0.2) is 4.39 Å². The van der Waals surface area contributed by atoms with Gasteiger partial charge in [-0.15, -0.1) is 11.8 Å². The summed E-state index contributed by atoms with van der Waals surface area (Å²) in [5.74, 6) is -1.61. The molecule has 4 rings (SSSR count). The van der Waals surface area contributed by atoms with Gasteiger partial charge in [0.05, 0.1) is 22.1 Å². The van der Waals surface area contributed by atoms with Crippen LogP contribution in [0.5, 0.6) is 0 Å². The number of aromatic nitrogens is 2. The summed E-state index contributed by atoms with van der Waals surface area (Å²) in [5, 5.41) is 17.9. The fourth-order valence-electron chi connectivity index (χ4n) is 5.31. The Hall–Kier alpha value is -1.98. The van der Waals surface area contributed by atoms with Gasteiger partial charge >= 0.3 is 6.18 Å². The fourth-order valence-corrected chi connectivity index (χ4v) is 6.44. The molecule has 2 saturated carbocycles. The molecule has 1 aromatic carbocycles. The molecule has 12 heteroatoms. The molecule has 2 fully saturated rings. The van der Waals surface area contributed by atoms with Crippen molar-refractivity contribution in [3.8, 4) is 0 Å². The monoisotopic (exact) mass is 520 g/mol. The Morgan fingerprint density at radius 2 is 2.00 bits per heavy atom. The van der Waals surface area contributed by atoms with Crippen LogP contribution in [0.2, 0.25) is 5.02 Å². The predicted octanol–water partition coefficient (Wildman–Crippen LogP) is 4.98. The normalized spacial score (nSPS) is 26.6. The van der Waals surface area contributed by atoms with Gasteiger partial charge < -0.3 is 16.2 Å². The average Bonchev–Trinajstić information content (AvgIpc) is 3.33. The van der Waals surface area contributed by atoms with E-state index in [1.54, 1.807) is 7.05 Å². The second-order valence-electron chi connectivity index (χ2n) is 9.28. The van der Waals surface area contributed by atoms with Crippen LogP contribution in [0.1, 0.15) is 47.7 Å². The molecule has 2 aromatic rings. The van der Waals surface area contributed by atoms with Crippen LogP contribution in [-0.2, 0) is 7.05 Å². The molecule has 34 heavy (non-hydrogen) atoms. The lowest BCUT2D eigenvalue weighted by Gasteiger charge is -2.24. The van der Waals surface area contributed by atoms with Gasteiger partial charge in [-0.05, 0) is 55.7 Å². The van der Waals surface area contributed by atoms with E-state index in [9.17, 15) is 27.5 Å². The minimum atomic E-state index is -4.25. The number of benzene rings is 1. The number of hydrogen-bond donors (Lipinski definition) is 3. The second kappa shape index (κ2) is 9.23. The summed E-state index contributed by atoms with van der Waals surface area (Å²) < 4.78 is 52.2. The molecule has 0 spiro atoms. The second-order valence-corrected chi connectivity index (χ2v) is 10.7. The highest BCUT2D eigenvalue weighted by atomic mass is 35.5. The van der Waals surface area contributed by atoms with E-state index in [2.05, 4.69) is 10.4 Å². The van der Waals surface area contributed by atoms with Crippen LogP contribution in [0, 0.1) is 17.7 Å². The summed E-state index contributed by atoms with van der Waals surface area (Å²) in [7, 11) is 1.64. The summed E-state index contributed by atoms with van der Waals surface area (Å²) in [6.45, 7) is 0. The number of nitrogen functional groups attached to an aromatic ring is 1. The number of nitrogens with zero attached hydrogens (tertiary/aromatic N) is 2. The number of halogens is 5. The number of thioether (sulfide) groups is 1. The van der Waals surface area contributed by atoms with E-state index in [1.165, 1.54) is 16.8 Å². The topological polar surface area (TPSA) is 93.2 Å². The molecule has 4 atom stereocenters. The highest BCUT2D eigenvalue weighted by Gasteiger charge is 2.50. The third-order valence-electron chi connectivity index (χ3n) is 6.67. The molecule has 1 amide bonds. The van der Waals surface area contributed by atoms with Crippen LogP contribution >= 0.6 is 23.4 Å². The van der Waals surface area contributed by atoms with Crippen molar-refractivity contribution in [3.05, 3.63) is 40.3 Å². The van der Waals surface area contributed by atoms with Crippen molar-refractivity contribution in [2.45, 2.75) is 43.4 Å². The van der Waals surface area contributed by atoms with Gasteiger partial charge in [-0.1, -0.05) is 11.6 Å². The quantitative estimate of drug-likeness (QED) is 0.467. The van der Waals surface area contributed by atoms with Gasteiger partial charge in [0.25, 0.3) is 5.91 Å². The van der Waals surface area contributed by atoms with Crippen molar-refractivity contribution < 1.29 is 27.5 Å². The maximum Gasteiger partial charge on any atom is 0.397 e. The number of aliphatic hydroxyl groups is 1. The number of anilines is 2. The molecule has 0 aliphatic heterocycles. The molecule has 1 heterocycles. The Labute approximate surface area is 203 Å². The van der Waals surface area contributed by atoms with Gasteiger partial charge in [-0.3, -0.25) is 9.48 Å². The number of nitrogens with one attached hydrogen (secondary N) is 1. The molecule has 0 bridgehead atoms. The first-order chi connectivity index (χ1) is 15.8. The van der Waals surface area contributed by atoms with E-state index in [0.29, 0.717) is 48.8 Å². The highest BCUT2D eigenvalue weighted by molar-refractivity contribution is 7.99. The highest BCUT2D eigenvalue weighted by Crippen LogP contribution is 2.55. The largest absolute Gasteiger partial charge is 0.397 e. The first kappa shape index (κ1) is 25.1. The molecule has 6 nitrogen and oxygen atoms in total. The smallest absolute Gasteiger partial charge is 0.389 e. The van der Waals surface area contributed by atoms with E-state index in [-0.39, 0.29) is 39.9 Å². The molecule has 3 unspecified atom stereocenters. The number of hydrogen-bond acceptors (Lipinski definition) is 5. The van der Waals surface area contributed by atoms with Gasteiger partial charge in [0.2, 0.25) is 0 Å². The summed E-state index contributed by atoms with van der Waals surface area (Å²) in [6, 6.07) is 3.85. The van der Waals surface area contributed by atoms with E-state index in [0.717, 1.165) is 6.07 Å². The Bertz CT molecular complexity index is 1080. The lowest BCUT2D eigenvalue weighted by atomic mass is 9.92. The third kappa shape index (κ3) is 5.31. The minimum Gasteiger partial charge on any atom is -0.389 e. The number of aryl methyl sites for hydroxylation is 1. The molecule has 2 aliphatic carbocycles. The van der Waals surface area contributed by atoms with Crippen LogP contribution in [0.15, 0.2) is 18.2 Å². The molecular weight excluding hydrogens is 496 g/mol. The SMILES string of the molecule is Cn1nc(C2CC3CC(O)(CSCC(F)(F)F)C[C@@H]3C2)c(C(=O)Nc2ccc(F)c(Cl)c2)c1N. The lowest BCUT2D eigenvalue weighted by Crippen LogP contribution is -2.30. The lowest BCUT2D eigenvalue weighted by molar-refractivity contribution is -0.105. The Kier molecular flexibility index (Phi) is 6.82. The molecule has 186 valence electrons. The van der Waals surface area contributed by atoms with E-state index in [1.807, 2.05) is 0 Å². The van der Waals surface area contributed by atoms with E-state index >= 15 is 0 Å². The van der Waals surface area contributed by atoms with Crippen LogP contribution in [-0.4, -0.2) is 44.1 Å². The fraction of sp³-hybridized carbons (Fsp3) is 0.545. The maximum absolute atomic E-state index is 13.4. The van der Waals surface area contributed by atoms with Crippen LogP contribution in [0.25, 0.3) is 0 Å². The molecular formula is C22H25ClF4N4O2S. The van der Waals surface area contributed by atoms with Crippen LogP contribution in [0.4, 0.5) is 29.1 Å². The molecule has 0 saturated heterocycles. The van der Waals surface area contributed by atoms with Gasteiger partial charge in [0.15, 0.2) is 0 Å². The number of nitrogens with two attached hydrogens (primary N) is 1. The molecule has 4 N–H and O–H groups in total. The number of alkyl halides is 3. The van der Waals surface area contributed by atoms with Crippen LogP contribution < -0.4 is 11.1 Å². The summed E-state index contributed by atoms with van der Waals surface area (Å²) in [4.78, 5) is 13.1. The van der Waals surface area contributed by atoms with Crippen molar-refractivity contribution >= 4 is 40.8 Å². The van der Waals surface area contributed by atoms with Crippen molar-refractivity contribution in [1.82, 2.24) is 9.78 Å². The third-order valence-corrected chi connectivity index (χ3v) is 8.23. The predicted molar refractivity (Wildman–Crippen MR) is 124 cm³/mol. The Morgan fingerprint density at radius 3 is 2.59 bits per heavy atom. The number of amides is 1. The van der Waals surface area contributed by atoms with Crippen molar-refractivity contribution in [1.29, 1.82) is 0 Å². The van der Waals surface area contributed by atoms with Crippen molar-refractivity contribution in [2.75, 3.05) is 22.6 Å². The minimum absolute atomic E-state index is 0.0502. The van der Waals surface area contributed by atoms with Gasteiger partial charge in [0, 0.05) is 24.4 Å². The summed E-state index contributed by atoms with van der Waals surface area (Å²) in [6.07, 6.45) is -2.07. The van der Waals surface area contributed by atoms with Gasteiger partial charge in [-0.2, -0.15) is 18.3 Å². The van der Waals surface area contributed by atoms with Gasteiger partial charge in [0.1, 0.15) is 17.2 Å². The average molecular weight is 521 g/mol. The number of carbonyl (C=O) groups is 1. The molecule has 0 radical (unpaired) electrons. The number of fused-ring (bicyclic) bond motifs is 1. The van der Waals surface area contributed by atoms with E-state index in [4.69, 9.17) is 17.3 Å². The Morgan fingerprint density at radius 1 is 1.35 bits per heavy atom.